The maximum atomic E-state index is 10.8. The summed E-state index contributed by atoms with van der Waals surface area (Å²) in [5.41, 5.74) is 3.06. The lowest BCUT2D eigenvalue weighted by atomic mass is 9.99. The van der Waals surface area contributed by atoms with Gasteiger partial charge in [0.25, 0.3) is 0 Å². The van der Waals surface area contributed by atoms with Gasteiger partial charge in [0.1, 0.15) is 5.75 Å². The van der Waals surface area contributed by atoms with E-state index in [0.29, 0.717) is 0 Å². The maximum Gasteiger partial charge on any atom is 0.119 e. The standard InChI is InChI=1S/C15H14O3/c1-10-8-13(18-2)6-7-14(10)11-4-3-5-12(9-11)15(16)17/h3-9H,1-2H3,(H,16,17)/p-1. The number of rotatable bonds is 3. The minimum atomic E-state index is -1.16. The molecule has 0 unspecified atom stereocenters. The molecule has 0 bridgehead atoms. The predicted octanol–water partition coefficient (Wildman–Crippen LogP) is 2.03. The van der Waals surface area contributed by atoms with Gasteiger partial charge in [0, 0.05) is 0 Å². The van der Waals surface area contributed by atoms with Crippen LogP contribution >= 0.6 is 0 Å². The number of hydrogen-bond donors (Lipinski definition) is 0. The van der Waals surface area contributed by atoms with Crippen LogP contribution in [0, 0.1) is 6.92 Å². The van der Waals surface area contributed by atoms with Crippen molar-refractivity contribution in [2.24, 2.45) is 0 Å². The predicted molar refractivity (Wildman–Crippen MR) is 67.5 cm³/mol. The van der Waals surface area contributed by atoms with Crippen molar-refractivity contribution in [2.75, 3.05) is 7.11 Å². The highest BCUT2D eigenvalue weighted by Gasteiger charge is 2.04. The zero-order valence-electron chi connectivity index (χ0n) is 10.3. The number of hydrogen-bond acceptors (Lipinski definition) is 3. The average Bonchev–Trinajstić information content (AvgIpc) is 2.38. The van der Waals surface area contributed by atoms with Gasteiger partial charge in [-0.05, 0) is 47.4 Å². The summed E-state index contributed by atoms with van der Waals surface area (Å²) in [6, 6.07) is 12.4. The third-order valence-corrected chi connectivity index (χ3v) is 2.84. The lowest BCUT2D eigenvalue weighted by Crippen LogP contribution is -2.22. The molecule has 0 aliphatic rings. The van der Waals surface area contributed by atoms with Crippen molar-refractivity contribution in [1.82, 2.24) is 0 Å². The van der Waals surface area contributed by atoms with Crippen LogP contribution in [0.3, 0.4) is 0 Å². The molecule has 0 atom stereocenters. The summed E-state index contributed by atoms with van der Waals surface area (Å²) in [5, 5.41) is 10.8. The first kappa shape index (κ1) is 12.2. The monoisotopic (exact) mass is 241 g/mol. The van der Waals surface area contributed by atoms with E-state index in [1.54, 1.807) is 19.2 Å². The lowest BCUT2D eigenvalue weighted by molar-refractivity contribution is -0.255. The van der Waals surface area contributed by atoms with Gasteiger partial charge < -0.3 is 14.6 Å². The molecule has 0 aliphatic carbocycles. The molecule has 0 saturated heterocycles. The van der Waals surface area contributed by atoms with Crippen LogP contribution in [-0.2, 0) is 0 Å². The Kier molecular flexibility index (Phi) is 3.33. The first-order valence-corrected chi connectivity index (χ1v) is 5.58. The molecule has 0 saturated carbocycles. The van der Waals surface area contributed by atoms with Gasteiger partial charge in [-0.1, -0.05) is 24.3 Å². The highest BCUT2D eigenvalue weighted by Crippen LogP contribution is 2.27. The number of ether oxygens (including phenoxy) is 1. The summed E-state index contributed by atoms with van der Waals surface area (Å²) in [5.74, 6) is -0.379. The van der Waals surface area contributed by atoms with E-state index in [4.69, 9.17) is 4.74 Å². The molecule has 0 heterocycles. The van der Waals surface area contributed by atoms with Crippen molar-refractivity contribution < 1.29 is 14.6 Å². The molecule has 0 spiro atoms. The summed E-state index contributed by atoms with van der Waals surface area (Å²) in [6.07, 6.45) is 0. The van der Waals surface area contributed by atoms with E-state index in [0.717, 1.165) is 22.4 Å². The fourth-order valence-corrected chi connectivity index (χ4v) is 1.90. The summed E-state index contributed by atoms with van der Waals surface area (Å²) in [6.45, 7) is 1.96. The Hall–Kier alpha value is -2.29. The molecule has 3 nitrogen and oxygen atoms in total. The number of carbonyl (C=O) groups excluding carboxylic acids is 1. The van der Waals surface area contributed by atoms with Crippen molar-refractivity contribution in [2.45, 2.75) is 6.92 Å². The summed E-state index contributed by atoms with van der Waals surface area (Å²) in [7, 11) is 1.62. The van der Waals surface area contributed by atoms with Crippen LogP contribution in [-0.4, -0.2) is 13.1 Å². The van der Waals surface area contributed by atoms with Crippen molar-refractivity contribution in [3.8, 4) is 16.9 Å². The normalized spacial score (nSPS) is 10.1. The van der Waals surface area contributed by atoms with E-state index in [9.17, 15) is 9.90 Å². The van der Waals surface area contributed by atoms with Crippen molar-refractivity contribution in [3.05, 3.63) is 53.6 Å². The average molecular weight is 241 g/mol. The van der Waals surface area contributed by atoms with E-state index in [2.05, 4.69) is 0 Å². The number of carboxylic acids is 1. The second kappa shape index (κ2) is 4.92. The minimum Gasteiger partial charge on any atom is -0.545 e. The molecule has 0 fully saturated rings. The van der Waals surface area contributed by atoms with Crippen molar-refractivity contribution >= 4 is 5.97 Å². The van der Waals surface area contributed by atoms with Crippen molar-refractivity contribution in [3.63, 3.8) is 0 Å². The smallest absolute Gasteiger partial charge is 0.119 e. The molecule has 2 aromatic carbocycles. The van der Waals surface area contributed by atoms with E-state index < -0.39 is 5.97 Å². The highest BCUT2D eigenvalue weighted by molar-refractivity contribution is 5.88. The molecule has 18 heavy (non-hydrogen) atoms. The topological polar surface area (TPSA) is 49.4 Å². The SMILES string of the molecule is COc1ccc(-c2cccc(C(=O)[O-])c2)c(C)c1. The Morgan fingerprint density at radius 3 is 2.56 bits per heavy atom. The number of carboxylic acid groups (broad SMARTS) is 1. The van der Waals surface area contributed by atoms with E-state index in [1.807, 2.05) is 31.2 Å². The zero-order valence-corrected chi connectivity index (χ0v) is 10.3. The molecule has 92 valence electrons. The molecule has 0 amide bonds. The van der Waals surface area contributed by atoms with Crippen LogP contribution in [0.4, 0.5) is 0 Å². The van der Waals surface area contributed by atoms with Crippen molar-refractivity contribution in [1.29, 1.82) is 0 Å². The summed E-state index contributed by atoms with van der Waals surface area (Å²) < 4.78 is 5.14. The Balaban J connectivity index is 2.48. The quantitative estimate of drug-likeness (QED) is 0.826. The maximum absolute atomic E-state index is 10.8. The third-order valence-electron chi connectivity index (χ3n) is 2.84. The second-order valence-electron chi connectivity index (χ2n) is 4.05. The number of aromatic carboxylic acids is 1. The van der Waals surface area contributed by atoms with Crippen LogP contribution in [0.5, 0.6) is 5.75 Å². The van der Waals surface area contributed by atoms with E-state index >= 15 is 0 Å². The van der Waals surface area contributed by atoms with Gasteiger partial charge >= 0.3 is 0 Å². The molecule has 0 N–H and O–H groups in total. The summed E-state index contributed by atoms with van der Waals surface area (Å²) in [4.78, 5) is 10.8. The fourth-order valence-electron chi connectivity index (χ4n) is 1.90. The second-order valence-corrected chi connectivity index (χ2v) is 4.05. The van der Waals surface area contributed by atoms with Crippen LogP contribution in [0.1, 0.15) is 15.9 Å². The van der Waals surface area contributed by atoms with E-state index in [1.165, 1.54) is 6.07 Å². The fraction of sp³-hybridized carbons (Fsp3) is 0.133. The Morgan fingerprint density at radius 1 is 1.17 bits per heavy atom. The first-order valence-electron chi connectivity index (χ1n) is 5.58. The Morgan fingerprint density at radius 2 is 1.94 bits per heavy atom. The lowest BCUT2D eigenvalue weighted by Gasteiger charge is -2.10. The van der Waals surface area contributed by atoms with Gasteiger partial charge in [-0.3, -0.25) is 0 Å². The Labute approximate surface area is 106 Å². The van der Waals surface area contributed by atoms with Crippen LogP contribution < -0.4 is 9.84 Å². The molecular weight excluding hydrogens is 228 g/mol. The number of benzene rings is 2. The molecule has 2 rings (SSSR count). The largest absolute Gasteiger partial charge is 0.545 e. The number of methoxy groups -OCH3 is 1. The van der Waals surface area contributed by atoms with Gasteiger partial charge in [-0.15, -0.1) is 0 Å². The first-order chi connectivity index (χ1) is 8.61. The Bertz CT molecular complexity index is 588. The van der Waals surface area contributed by atoms with Gasteiger partial charge in [0.15, 0.2) is 0 Å². The number of aryl methyl sites for hydroxylation is 1. The van der Waals surface area contributed by atoms with E-state index in [-0.39, 0.29) is 5.56 Å². The minimum absolute atomic E-state index is 0.183. The molecule has 0 aliphatic heterocycles. The third kappa shape index (κ3) is 2.35. The number of carbonyl (C=O) groups is 1. The summed E-state index contributed by atoms with van der Waals surface area (Å²) >= 11 is 0. The van der Waals surface area contributed by atoms with Crippen LogP contribution in [0.25, 0.3) is 11.1 Å². The van der Waals surface area contributed by atoms with Crippen LogP contribution in [0.15, 0.2) is 42.5 Å². The van der Waals surface area contributed by atoms with Gasteiger partial charge in [0.2, 0.25) is 0 Å². The molecule has 2 aromatic rings. The molecular formula is C15H13O3-. The zero-order chi connectivity index (χ0) is 13.1. The van der Waals surface area contributed by atoms with Gasteiger partial charge in [-0.25, -0.2) is 0 Å². The highest BCUT2D eigenvalue weighted by atomic mass is 16.5. The molecule has 0 aromatic heterocycles. The molecule has 3 heteroatoms. The van der Waals surface area contributed by atoms with Crippen LogP contribution in [0.2, 0.25) is 0 Å². The molecule has 0 radical (unpaired) electrons. The van der Waals surface area contributed by atoms with Gasteiger partial charge in [0.05, 0.1) is 13.1 Å². The van der Waals surface area contributed by atoms with Gasteiger partial charge in [-0.2, -0.15) is 0 Å².